The van der Waals surface area contributed by atoms with Crippen LogP contribution in [-0.4, -0.2) is 17.9 Å². The number of rotatable bonds is 2. The highest BCUT2D eigenvalue weighted by molar-refractivity contribution is 6.06. The molecular weight excluding hydrogens is 288 g/mol. The van der Waals surface area contributed by atoms with E-state index in [0.717, 1.165) is 28.1 Å². The van der Waals surface area contributed by atoms with E-state index in [1.54, 1.807) is 4.90 Å². The summed E-state index contributed by atoms with van der Waals surface area (Å²) in [5.74, 6) is -0.263. The van der Waals surface area contributed by atoms with Crippen LogP contribution in [0.15, 0.2) is 42.5 Å². The average Bonchev–Trinajstić information content (AvgIpc) is 2.90. The van der Waals surface area contributed by atoms with E-state index in [0.29, 0.717) is 6.42 Å². The zero-order valence-corrected chi connectivity index (χ0v) is 13.6. The van der Waals surface area contributed by atoms with Gasteiger partial charge in [-0.25, -0.2) is 0 Å². The van der Waals surface area contributed by atoms with Crippen molar-refractivity contribution in [2.24, 2.45) is 0 Å². The molecule has 0 spiro atoms. The molecular formula is C19H20N2O2. The van der Waals surface area contributed by atoms with Crippen LogP contribution >= 0.6 is 0 Å². The number of para-hydroxylation sites is 1. The third-order valence-electron chi connectivity index (χ3n) is 4.27. The van der Waals surface area contributed by atoms with Gasteiger partial charge in [-0.1, -0.05) is 30.3 Å². The molecule has 2 amide bonds. The molecule has 0 bridgehead atoms. The Labute approximate surface area is 136 Å². The molecule has 1 unspecified atom stereocenters. The van der Waals surface area contributed by atoms with Crippen molar-refractivity contribution >= 4 is 23.2 Å². The van der Waals surface area contributed by atoms with Crippen LogP contribution in [0.3, 0.4) is 0 Å². The van der Waals surface area contributed by atoms with Crippen molar-refractivity contribution in [3.05, 3.63) is 59.2 Å². The van der Waals surface area contributed by atoms with Crippen LogP contribution in [0.2, 0.25) is 0 Å². The Morgan fingerprint density at radius 1 is 1.13 bits per heavy atom. The Kier molecular flexibility index (Phi) is 3.90. The Morgan fingerprint density at radius 3 is 2.61 bits per heavy atom. The molecule has 1 heterocycles. The number of carbonyl (C=O) groups is 2. The van der Waals surface area contributed by atoms with Gasteiger partial charge in [0.1, 0.15) is 6.04 Å². The first kappa shape index (κ1) is 15.3. The SMILES string of the molecule is CC(=O)N1c2ccccc2CC1C(=O)Nc1cc(C)ccc1C. The third kappa shape index (κ3) is 2.84. The minimum atomic E-state index is -0.496. The lowest BCUT2D eigenvalue weighted by Gasteiger charge is -2.23. The Hall–Kier alpha value is -2.62. The van der Waals surface area contributed by atoms with E-state index in [2.05, 4.69) is 5.32 Å². The minimum absolute atomic E-state index is 0.115. The van der Waals surface area contributed by atoms with Gasteiger partial charge < -0.3 is 5.32 Å². The van der Waals surface area contributed by atoms with Crippen LogP contribution in [-0.2, 0) is 16.0 Å². The molecule has 3 rings (SSSR count). The molecule has 1 N–H and O–H groups in total. The standard InChI is InChI=1S/C19H20N2O2/c1-12-8-9-13(2)16(10-12)20-19(23)18-11-15-6-4-5-7-17(15)21(18)14(3)22/h4-10,18H,11H2,1-3H3,(H,20,23). The summed E-state index contributed by atoms with van der Waals surface area (Å²) in [6.07, 6.45) is 0.548. The number of fused-ring (bicyclic) bond motifs is 1. The summed E-state index contributed by atoms with van der Waals surface area (Å²) in [7, 11) is 0. The fourth-order valence-corrected chi connectivity index (χ4v) is 3.07. The number of nitrogens with one attached hydrogen (secondary N) is 1. The maximum Gasteiger partial charge on any atom is 0.247 e. The highest BCUT2D eigenvalue weighted by Crippen LogP contribution is 2.32. The molecule has 2 aromatic rings. The largest absolute Gasteiger partial charge is 0.324 e. The summed E-state index contributed by atoms with van der Waals surface area (Å²) in [6.45, 7) is 5.45. The molecule has 0 saturated heterocycles. The normalized spacial score (nSPS) is 16.1. The lowest BCUT2D eigenvalue weighted by molar-refractivity contribution is -0.122. The van der Waals surface area contributed by atoms with Gasteiger partial charge in [0.05, 0.1) is 0 Å². The molecule has 0 fully saturated rings. The lowest BCUT2D eigenvalue weighted by Crippen LogP contribution is -2.44. The van der Waals surface area contributed by atoms with E-state index in [1.807, 2.05) is 56.3 Å². The molecule has 1 aliphatic heterocycles. The quantitative estimate of drug-likeness (QED) is 0.926. The van der Waals surface area contributed by atoms with Gasteiger partial charge in [0.25, 0.3) is 0 Å². The number of hydrogen-bond acceptors (Lipinski definition) is 2. The van der Waals surface area contributed by atoms with Gasteiger partial charge in [-0.05, 0) is 42.7 Å². The van der Waals surface area contributed by atoms with Crippen molar-refractivity contribution in [2.45, 2.75) is 33.2 Å². The Bertz CT molecular complexity index is 783. The van der Waals surface area contributed by atoms with E-state index in [9.17, 15) is 9.59 Å². The van der Waals surface area contributed by atoms with Gasteiger partial charge in [-0.3, -0.25) is 14.5 Å². The molecule has 23 heavy (non-hydrogen) atoms. The summed E-state index contributed by atoms with van der Waals surface area (Å²) in [4.78, 5) is 26.4. The minimum Gasteiger partial charge on any atom is -0.324 e. The van der Waals surface area contributed by atoms with Gasteiger partial charge >= 0.3 is 0 Å². The maximum atomic E-state index is 12.8. The van der Waals surface area contributed by atoms with Crippen molar-refractivity contribution < 1.29 is 9.59 Å². The maximum absolute atomic E-state index is 12.8. The molecule has 118 valence electrons. The van der Waals surface area contributed by atoms with E-state index < -0.39 is 6.04 Å². The van der Waals surface area contributed by atoms with Crippen molar-refractivity contribution in [1.82, 2.24) is 0 Å². The van der Waals surface area contributed by atoms with Crippen LogP contribution in [0.25, 0.3) is 0 Å². The van der Waals surface area contributed by atoms with Gasteiger partial charge in [-0.2, -0.15) is 0 Å². The van der Waals surface area contributed by atoms with Gasteiger partial charge in [0.15, 0.2) is 0 Å². The van der Waals surface area contributed by atoms with Crippen molar-refractivity contribution in [3.8, 4) is 0 Å². The first-order valence-corrected chi connectivity index (χ1v) is 7.73. The molecule has 4 nitrogen and oxygen atoms in total. The molecule has 0 saturated carbocycles. The number of carbonyl (C=O) groups excluding carboxylic acids is 2. The van der Waals surface area contributed by atoms with Gasteiger partial charge in [0.2, 0.25) is 11.8 Å². The van der Waals surface area contributed by atoms with Crippen LogP contribution in [0.4, 0.5) is 11.4 Å². The van der Waals surface area contributed by atoms with Gasteiger partial charge in [-0.15, -0.1) is 0 Å². The van der Waals surface area contributed by atoms with E-state index in [1.165, 1.54) is 6.92 Å². The topological polar surface area (TPSA) is 49.4 Å². The van der Waals surface area contributed by atoms with Crippen LogP contribution in [0, 0.1) is 13.8 Å². The zero-order valence-electron chi connectivity index (χ0n) is 13.6. The third-order valence-corrected chi connectivity index (χ3v) is 4.27. The van der Waals surface area contributed by atoms with Crippen molar-refractivity contribution in [3.63, 3.8) is 0 Å². The molecule has 0 radical (unpaired) electrons. The lowest BCUT2D eigenvalue weighted by atomic mass is 10.1. The highest BCUT2D eigenvalue weighted by Gasteiger charge is 2.36. The monoisotopic (exact) mass is 308 g/mol. The smallest absolute Gasteiger partial charge is 0.247 e. The van der Waals surface area contributed by atoms with Crippen LogP contribution in [0.5, 0.6) is 0 Å². The summed E-state index contributed by atoms with van der Waals surface area (Å²) in [5, 5.41) is 2.98. The van der Waals surface area contributed by atoms with E-state index in [-0.39, 0.29) is 11.8 Å². The summed E-state index contributed by atoms with van der Waals surface area (Å²) >= 11 is 0. The number of hydrogen-bond donors (Lipinski definition) is 1. The first-order chi connectivity index (χ1) is 11.0. The number of anilines is 2. The summed E-state index contributed by atoms with van der Waals surface area (Å²) in [6, 6.07) is 13.1. The molecule has 0 aromatic heterocycles. The molecule has 1 aliphatic rings. The molecule has 2 aromatic carbocycles. The second-order valence-corrected chi connectivity index (χ2v) is 6.05. The van der Waals surface area contributed by atoms with Crippen LogP contribution < -0.4 is 10.2 Å². The second-order valence-electron chi connectivity index (χ2n) is 6.05. The number of nitrogens with zero attached hydrogens (tertiary/aromatic N) is 1. The van der Waals surface area contributed by atoms with E-state index >= 15 is 0 Å². The summed E-state index contributed by atoms with van der Waals surface area (Å²) < 4.78 is 0. The van der Waals surface area contributed by atoms with E-state index in [4.69, 9.17) is 0 Å². The number of benzene rings is 2. The fourth-order valence-electron chi connectivity index (χ4n) is 3.07. The Morgan fingerprint density at radius 2 is 1.87 bits per heavy atom. The highest BCUT2D eigenvalue weighted by atomic mass is 16.2. The van der Waals surface area contributed by atoms with Crippen molar-refractivity contribution in [1.29, 1.82) is 0 Å². The number of aryl methyl sites for hydroxylation is 2. The predicted octanol–water partition coefficient (Wildman–Crippen LogP) is 3.22. The van der Waals surface area contributed by atoms with Gasteiger partial charge in [0, 0.05) is 24.7 Å². The average molecular weight is 308 g/mol. The number of amides is 2. The van der Waals surface area contributed by atoms with Crippen LogP contribution in [0.1, 0.15) is 23.6 Å². The molecule has 0 aliphatic carbocycles. The Balaban J connectivity index is 1.88. The fraction of sp³-hybridized carbons (Fsp3) is 0.263. The molecule has 4 heteroatoms. The first-order valence-electron chi connectivity index (χ1n) is 7.73. The molecule has 1 atom stereocenters. The zero-order chi connectivity index (χ0) is 16.6. The van der Waals surface area contributed by atoms with Crippen molar-refractivity contribution in [2.75, 3.05) is 10.2 Å². The summed E-state index contributed by atoms with van der Waals surface area (Å²) in [5.41, 5.74) is 4.76. The second kappa shape index (κ2) is 5.88. The predicted molar refractivity (Wildman–Crippen MR) is 91.6 cm³/mol.